The zero-order chi connectivity index (χ0) is 28.5. The Balaban J connectivity index is 1.31. The molecular formula is C35H36ClN3O2. The molecule has 6 rings (SSSR count). The molecular weight excluding hydrogens is 530 g/mol. The van der Waals surface area contributed by atoms with Crippen LogP contribution in [0.5, 0.6) is 0 Å². The Morgan fingerprint density at radius 1 is 1.00 bits per heavy atom. The minimum absolute atomic E-state index is 0.0102. The lowest BCUT2D eigenvalue weighted by molar-refractivity contribution is -0.124. The highest BCUT2D eigenvalue weighted by molar-refractivity contribution is 6.31. The van der Waals surface area contributed by atoms with Crippen LogP contribution in [0.1, 0.15) is 71.3 Å². The van der Waals surface area contributed by atoms with Gasteiger partial charge in [0.25, 0.3) is 0 Å². The molecule has 1 saturated carbocycles. The first-order chi connectivity index (χ1) is 19.9. The van der Waals surface area contributed by atoms with E-state index in [1.54, 1.807) is 0 Å². The maximum absolute atomic E-state index is 13.8. The van der Waals surface area contributed by atoms with Gasteiger partial charge in [-0.1, -0.05) is 85.1 Å². The van der Waals surface area contributed by atoms with E-state index < -0.39 is 6.04 Å². The summed E-state index contributed by atoms with van der Waals surface area (Å²) in [5.41, 5.74) is 8.44. The first-order valence-electron chi connectivity index (χ1n) is 14.5. The Bertz CT molecular complexity index is 1690. The lowest BCUT2D eigenvalue weighted by Gasteiger charge is -2.26. The van der Waals surface area contributed by atoms with Crippen LogP contribution in [0, 0.1) is 19.8 Å². The largest absolute Gasteiger partial charge is 0.394 e. The first-order valence-corrected chi connectivity index (χ1v) is 14.9. The van der Waals surface area contributed by atoms with Crippen LogP contribution in [0.4, 0.5) is 0 Å². The molecule has 0 bridgehead atoms. The molecule has 2 heterocycles. The molecule has 1 fully saturated rings. The number of aliphatic hydroxyl groups excluding tert-OH is 1. The minimum atomic E-state index is -0.420. The molecule has 0 saturated heterocycles. The summed E-state index contributed by atoms with van der Waals surface area (Å²) in [6, 6.07) is 26.0. The van der Waals surface area contributed by atoms with Crippen molar-refractivity contribution in [2.75, 3.05) is 6.61 Å². The second kappa shape index (κ2) is 11.7. The van der Waals surface area contributed by atoms with Gasteiger partial charge >= 0.3 is 0 Å². The third-order valence-electron chi connectivity index (χ3n) is 8.63. The number of hydrogen-bond acceptors (Lipinski definition) is 3. The molecule has 1 amide bonds. The number of amides is 1. The summed E-state index contributed by atoms with van der Waals surface area (Å²) in [6.45, 7) is 4.00. The zero-order valence-corrected chi connectivity index (χ0v) is 24.4. The van der Waals surface area contributed by atoms with Gasteiger partial charge in [0.1, 0.15) is 5.65 Å². The fourth-order valence-corrected chi connectivity index (χ4v) is 6.85. The fourth-order valence-electron chi connectivity index (χ4n) is 6.69. The summed E-state index contributed by atoms with van der Waals surface area (Å²) in [5.74, 6) is 0.0498. The van der Waals surface area contributed by atoms with Crippen molar-refractivity contribution in [2.45, 2.75) is 57.9 Å². The highest BCUT2D eigenvalue weighted by Crippen LogP contribution is 2.38. The fraction of sp³-hybridized carbons (Fsp3) is 0.314. The van der Waals surface area contributed by atoms with Gasteiger partial charge in [0.05, 0.1) is 24.1 Å². The molecule has 0 aliphatic heterocycles. The summed E-state index contributed by atoms with van der Waals surface area (Å²) in [7, 11) is 0. The number of nitrogens with one attached hydrogen (secondary N) is 1. The number of fused-ring (bicyclic) bond motifs is 3. The van der Waals surface area contributed by atoms with E-state index in [2.05, 4.69) is 53.0 Å². The van der Waals surface area contributed by atoms with Gasteiger partial charge in [-0.25, -0.2) is 4.98 Å². The van der Waals surface area contributed by atoms with Crippen LogP contribution >= 0.6 is 11.6 Å². The van der Waals surface area contributed by atoms with E-state index in [9.17, 15) is 9.90 Å². The average molecular weight is 566 g/mol. The van der Waals surface area contributed by atoms with Crippen LogP contribution in [-0.2, 0) is 11.2 Å². The second-order valence-corrected chi connectivity index (χ2v) is 11.9. The van der Waals surface area contributed by atoms with E-state index in [0.717, 1.165) is 71.2 Å². The number of nitrogens with zero attached hydrogens (tertiary/aromatic N) is 2. The Morgan fingerprint density at radius 3 is 2.44 bits per heavy atom. The summed E-state index contributed by atoms with van der Waals surface area (Å²) in [6.07, 6.45) is 5.12. The summed E-state index contributed by atoms with van der Waals surface area (Å²) in [5, 5.41) is 15.1. The highest BCUT2D eigenvalue weighted by atomic mass is 35.5. The molecule has 3 aromatic carbocycles. The monoisotopic (exact) mass is 565 g/mol. The Morgan fingerprint density at radius 2 is 1.73 bits per heavy atom. The second-order valence-electron chi connectivity index (χ2n) is 11.4. The lowest BCUT2D eigenvalue weighted by Crippen LogP contribution is -2.37. The molecule has 2 aromatic heterocycles. The summed E-state index contributed by atoms with van der Waals surface area (Å²) in [4.78, 5) is 18.7. The van der Waals surface area contributed by atoms with Gasteiger partial charge in [-0.2, -0.15) is 0 Å². The van der Waals surface area contributed by atoms with Crippen molar-refractivity contribution < 1.29 is 9.90 Å². The van der Waals surface area contributed by atoms with Crippen LogP contribution < -0.4 is 5.32 Å². The molecule has 2 unspecified atom stereocenters. The van der Waals surface area contributed by atoms with Crippen LogP contribution in [0.25, 0.3) is 16.6 Å². The smallest absolute Gasteiger partial charge is 0.228 e. The normalized spacial score (nSPS) is 15.4. The van der Waals surface area contributed by atoms with Gasteiger partial charge in [-0.05, 0) is 67.5 Å². The lowest BCUT2D eigenvalue weighted by atomic mass is 9.83. The third kappa shape index (κ3) is 5.49. The predicted octanol–water partition coefficient (Wildman–Crippen LogP) is 7.47. The van der Waals surface area contributed by atoms with Crippen LogP contribution in [-0.4, -0.2) is 27.0 Å². The molecule has 5 nitrogen and oxygen atoms in total. The minimum Gasteiger partial charge on any atom is -0.394 e. The van der Waals surface area contributed by atoms with E-state index in [1.807, 2.05) is 49.4 Å². The van der Waals surface area contributed by atoms with Crippen LogP contribution in [0.2, 0.25) is 5.02 Å². The van der Waals surface area contributed by atoms with E-state index in [-0.39, 0.29) is 18.4 Å². The van der Waals surface area contributed by atoms with Crippen molar-refractivity contribution in [1.82, 2.24) is 14.7 Å². The average Bonchev–Trinajstić information content (AvgIpc) is 3.60. The molecule has 41 heavy (non-hydrogen) atoms. The standard InChI is InChI=1S/C35H36ClN3O2/c1-22-18-23(2)39-32-20-28(36)16-17-29(32)30(34(39)37-22)19-24-12-14-27(15-13-24)33(26-10-6-7-11-26)35(41)38-31(21-40)25-8-4-3-5-9-25/h3-5,8-9,12-18,20,26,31,33,40H,6-7,10-11,19,21H2,1-2H3,(H,38,41). The van der Waals surface area contributed by atoms with Gasteiger partial charge in [0.2, 0.25) is 5.91 Å². The van der Waals surface area contributed by atoms with Gasteiger partial charge in [0, 0.05) is 33.8 Å². The van der Waals surface area contributed by atoms with E-state index in [1.165, 1.54) is 11.1 Å². The number of aryl methyl sites for hydroxylation is 2. The summed E-state index contributed by atoms with van der Waals surface area (Å²) >= 11 is 6.39. The SMILES string of the molecule is Cc1cc(C)n2c(n1)c(Cc1ccc(C(C(=O)NC(CO)c3ccccc3)C3CCCC3)cc1)c1ccc(Cl)cc12. The van der Waals surface area contributed by atoms with Crippen LogP contribution in [0.3, 0.4) is 0 Å². The number of aromatic nitrogens is 2. The number of rotatable bonds is 8. The van der Waals surface area contributed by atoms with Gasteiger partial charge in [-0.3, -0.25) is 9.20 Å². The Labute approximate surface area is 246 Å². The molecule has 2 atom stereocenters. The van der Waals surface area contributed by atoms with E-state index in [0.29, 0.717) is 10.9 Å². The molecule has 0 spiro atoms. The zero-order valence-electron chi connectivity index (χ0n) is 23.6. The number of carbonyl (C=O) groups excluding carboxylic acids is 1. The number of hydrogen-bond donors (Lipinski definition) is 2. The molecule has 6 heteroatoms. The van der Waals surface area contributed by atoms with Crippen molar-refractivity contribution in [3.05, 3.63) is 118 Å². The first kappa shape index (κ1) is 27.5. The number of aliphatic hydroxyl groups is 1. The van der Waals surface area contributed by atoms with Crippen molar-refractivity contribution in [1.29, 1.82) is 0 Å². The third-order valence-corrected chi connectivity index (χ3v) is 8.87. The van der Waals surface area contributed by atoms with Gasteiger partial charge in [-0.15, -0.1) is 0 Å². The van der Waals surface area contributed by atoms with Crippen molar-refractivity contribution in [2.24, 2.45) is 5.92 Å². The molecule has 2 N–H and O–H groups in total. The van der Waals surface area contributed by atoms with Crippen molar-refractivity contribution in [3.63, 3.8) is 0 Å². The van der Waals surface area contributed by atoms with Crippen LogP contribution in [0.15, 0.2) is 78.9 Å². The molecule has 0 radical (unpaired) electrons. The maximum Gasteiger partial charge on any atom is 0.228 e. The molecule has 1 aliphatic carbocycles. The number of halogens is 1. The quantitative estimate of drug-likeness (QED) is 0.205. The van der Waals surface area contributed by atoms with Crippen molar-refractivity contribution in [3.8, 4) is 0 Å². The van der Waals surface area contributed by atoms with E-state index >= 15 is 0 Å². The topological polar surface area (TPSA) is 66.6 Å². The van der Waals surface area contributed by atoms with Gasteiger partial charge < -0.3 is 10.4 Å². The Hall–Kier alpha value is -3.67. The highest BCUT2D eigenvalue weighted by Gasteiger charge is 2.33. The Kier molecular flexibility index (Phi) is 7.83. The number of carbonyl (C=O) groups is 1. The predicted molar refractivity (Wildman–Crippen MR) is 166 cm³/mol. The van der Waals surface area contributed by atoms with Gasteiger partial charge in [0.15, 0.2) is 0 Å². The summed E-state index contributed by atoms with van der Waals surface area (Å²) < 4.78 is 2.20. The number of benzene rings is 3. The molecule has 5 aromatic rings. The van der Waals surface area contributed by atoms with Crippen molar-refractivity contribution >= 4 is 34.1 Å². The molecule has 210 valence electrons. The molecule has 1 aliphatic rings. The van der Waals surface area contributed by atoms with E-state index in [4.69, 9.17) is 16.6 Å². The maximum atomic E-state index is 13.8.